The number of fused-ring (bicyclic) bond motifs is 3. The Balaban J connectivity index is 2.19. The molecule has 0 unspecified atom stereocenters. The van der Waals surface area contributed by atoms with Crippen molar-refractivity contribution in [3.8, 4) is 5.69 Å². The number of hydrogen-bond donors (Lipinski definition) is 2. The van der Waals surface area contributed by atoms with Gasteiger partial charge >= 0.3 is 11.9 Å². The molecule has 0 aliphatic heterocycles. The van der Waals surface area contributed by atoms with Gasteiger partial charge in [0.15, 0.2) is 0 Å². The zero-order valence-electron chi connectivity index (χ0n) is 14.1. The third kappa shape index (κ3) is 2.54. The summed E-state index contributed by atoms with van der Waals surface area (Å²) in [6, 6.07) is 2.01. The lowest BCUT2D eigenvalue weighted by Gasteiger charge is -2.18. The van der Waals surface area contributed by atoms with Crippen molar-refractivity contribution < 1.29 is 13.2 Å². The molecule has 1 aromatic carbocycles. The standard InChI is InChI=1S/C16H13F3N6O2/c1-7(2)12-20-3-4-24(12)10-6-11-9(5-8(10)16(17,18)19)21-14(26)13-22-23-15(27)25(11)13/h3-7H,1-2H3,(H,21,26)(H,23,27). The summed E-state index contributed by atoms with van der Waals surface area (Å²) in [4.78, 5) is 30.6. The average molecular weight is 378 g/mol. The fourth-order valence-corrected chi connectivity index (χ4v) is 3.09. The molecular weight excluding hydrogens is 365 g/mol. The van der Waals surface area contributed by atoms with Crippen LogP contribution in [-0.2, 0) is 6.18 Å². The van der Waals surface area contributed by atoms with Gasteiger partial charge in [0.25, 0.3) is 5.56 Å². The monoisotopic (exact) mass is 378 g/mol. The number of hydrogen-bond acceptors (Lipinski definition) is 4. The van der Waals surface area contributed by atoms with Crippen LogP contribution >= 0.6 is 0 Å². The second-order valence-corrected chi connectivity index (χ2v) is 6.34. The number of aromatic amines is 2. The van der Waals surface area contributed by atoms with Gasteiger partial charge in [-0.15, -0.1) is 5.10 Å². The highest BCUT2D eigenvalue weighted by molar-refractivity contribution is 5.81. The third-order valence-corrected chi connectivity index (χ3v) is 4.23. The molecule has 0 fully saturated rings. The highest BCUT2D eigenvalue weighted by Crippen LogP contribution is 2.36. The topological polar surface area (TPSA) is 101 Å². The Morgan fingerprint density at radius 3 is 2.59 bits per heavy atom. The van der Waals surface area contributed by atoms with Crippen molar-refractivity contribution in [3.05, 3.63) is 56.8 Å². The highest BCUT2D eigenvalue weighted by Gasteiger charge is 2.35. The maximum Gasteiger partial charge on any atom is 0.418 e. The largest absolute Gasteiger partial charge is 0.418 e. The molecule has 4 aromatic rings. The fraction of sp³-hybridized carbons (Fsp3) is 0.250. The van der Waals surface area contributed by atoms with Gasteiger partial charge in [0.1, 0.15) is 5.82 Å². The van der Waals surface area contributed by atoms with Crippen LogP contribution in [0, 0.1) is 0 Å². The van der Waals surface area contributed by atoms with Crippen molar-refractivity contribution in [3.63, 3.8) is 0 Å². The minimum absolute atomic E-state index is 0.0924. The summed E-state index contributed by atoms with van der Waals surface area (Å²) in [6.45, 7) is 3.62. The number of nitrogens with zero attached hydrogens (tertiary/aromatic N) is 4. The number of rotatable bonds is 2. The van der Waals surface area contributed by atoms with Gasteiger partial charge in [-0.3, -0.25) is 4.79 Å². The lowest BCUT2D eigenvalue weighted by molar-refractivity contribution is -0.137. The van der Waals surface area contributed by atoms with Crippen molar-refractivity contribution >= 4 is 16.7 Å². The zero-order chi connectivity index (χ0) is 19.5. The van der Waals surface area contributed by atoms with Crippen LogP contribution in [0.3, 0.4) is 0 Å². The number of halogens is 3. The van der Waals surface area contributed by atoms with E-state index < -0.39 is 23.0 Å². The SMILES string of the molecule is CC(C)c1nccn1-c1cc2c(cc1C(F)(F)F)[nH]c(=O)c1n[nH]c(=O)n12. The molecule has 0 amide bonds. The zero-order valence-corrected chi connectivity index (χ0v) is 14.1. The molecule has 0 bridgehead atoms. The van der Waals surface area contributed by atoms with Crippen molar-refractivity contribution in [2.75, 3.05) is 0 Å². The number of nitrogens with one attached hydrogen (secondary N) is 2. The molecule has 3 heterocycles. The smallest absolute Gasteiger partial charge is 0.317 e. The number of alkyl halides is 3. The van der Waals surface area contributed by atoms with E-state index in [1.807, 2.05) is 13.8 Å². The van der Waals surface area contributed by atoms with Crippen molar-refractivity contribution in [1.82, 2.24) is 29.1 Å². The molecule has 0 spiro atoms. The van der Waals surface area contributed by atoms with E-state index in [1.54, 1.807) is 0 Å². The van der Waals surface area contributed by atoms with Crippen LogP contribution in [0.5, 0.6) is 0 Å². The first-order valence-corrected chi connectivity index (χ1v) is 7.96. The average Bonchev–Trinajstić information content (AvgIpc) is 3.21. The van der Waals surface area contributed by atoms with Crippen molar-refractivity contribution in [2.45, 2.75) is 25.9 Å². The lowest BCUT2D eigenvalue weighted by Crippen LogP contribution is -2.19. The Hall–Kier alpha value is -3.37. The Morgan fingerprint density at radius 2 is 1.93 bits per heavy atom. The molecule has 3 aromatic heterocycles. The molecule has 11 heteroatoms. The molecule has 0 saturated heterocycles. The molecule has 0 aliphatic carbocycles. The van der Waals surface area contributed by atoms with Gasteiger partial charge < -0.3 is 9.55 Å². The molecule has 0 atom stereocenters. The van der Waals surface area contributed by atoms with Gasteiger partial charge in [-0.05, 0) is 12.1 Å². The maximum absolute atomic E-state index is 13.7. The van der Waals surface area contributed by atoms with Gasteiger partial charge in [-0.1, -0.05) is 13.8 Å². The summed E-state index contributed by atoms with van der Waals surface area (Å²) >= 11 is 0. The molecule has 4 rings (SSSR count). The van der Waals surface area contributed by atoms with E-state index in [0.717, 1.165) is 10.5 Å². The maximum atomic E-state index is 13.7. The van der Waals surface area contributed by atoms with E-state index in [0.29, 0.717) is 5.82 Å². The van der Waals surface area contributed by atoms with Crippen LogP contribution in [0.25, 0.3) is 22.4 Å². The van der Waals surface area contributed by atoms with Gasteiger partial charge in [-0.2, -0.15) is 13.2 Å². The van der Waals surface area contributed by atoms with E-state index in [4.69, 9.17) is 0 Å². The summed E-state index contributed by atoms with van der Waals surface area (Å²) in [6.07, 6.45) is -1.85. The Morgan fingerprint density at radius 1 is 1.19 bits per heavy atom. The minimum atomic E-state index is -4.69. The van der Waals surface area contributed by atoms with Crippen LogP contribution in [0.15, 0.2) is 34.1 Å². The predicted octanol–water partition coefficient (Wildman–Crippen LogP) is 2.19. The first-order valence-electron chi connectivity index (χ1n) is 7.96. The van der Waals surface area contributed by atoms with E-state index in [2.05, 4.69) is 20.2 Å². The quantitative estimate of drug-likeness (QED) is 0.558. The van der Waals surface area contributed by atoms with Gasteiger partial charge in [0.2, 0.25) is 5.65 Å². The second kappa shape index (κ2) is 5.56. The Bertz CT molecular complexity index is 1290. The fourth-order valence-electron chi connectivity index (χ4n) is 3.09. The summed E-state index contributed by atoms with van der Waals surface area (Å²) in [5, 5.41) is 5.75. The lowest BCUT2D eigenvalue weighted by atomic mass is 10.1. The third-order valence-electron chi connectivity index (χ3n) is 4.23. The molecule has 0 radical (unpaired) electrons. The van der Waals surface area contributed by atoms with E-state index >= 15 is 0 Å². The summed E-state index contributed by atoms with van der Waals surface area (Å²) in [5.41, 5.74) is -2.91. The molecule has 8 nitrogen and oxygen atoms in total. The Kier molecular flexibility index (Phi) is 3.52. The molecule has 140 valence electrons. The molecule has 27 heavy (non-hydrogen) atoms. The van der Waals surface area contributed by atoms with E-state index in [1.165, 1.54) is 23.0 Å². The summed E-state index contributed by atoms with van der Waals surface area (Å²) in [5.74, 6) is 0.295. The van der Waals surface area contributed by atoms with E-state index in [9.17, 15) is 22.8 Å². The highest BCUT2D eigenvalue weighted by atomic mass is 19.4. The van der Waals surface area contributed by atoms with Crippen LogP contribution < -0.4 is 11.2 Å². The summed E-state index contributed by atoms with van der Waals surface area (Å²) < 4.78 is 43.4. The predicted molar refractivity (Wildman–Crippen MR) is 90.2 cm³/mol. The van der Waals surface area contributed by atoms with Crippen LogP contribution in [0.2, 0.25) is 0 Å². The van der Waals surface area contributed by atoms with Crippen LogP contribution in [0.1, 0.15) is 31.2 Å². The Labute approximate surface area is 148 Å². The van der Waals surface area contributed by atoms with E-state index in [-0.39, 0.29) is 28.3 Å². The number of H-pyrrole nitrogens is 2. The summed E-state index contributed by atoms with van der Waals surface area (Å²) in [7, 11) is 0. The van der Waals surface area contributed by atoms with Gasteiger partial charge in [0.05, 0.1) is 22.3 Å². The molecular formula is C16H13F3N6O2. The van der Waals surface area contributed by atoms with Crippen molar-refractivity contribution in [2.24, 2.45) is 0 Å². The van der Waals surface area contributed by atoms with Crippen LogP contribution in [-0.4, -0.2) is 29.1 Å². The van der Waals surface area contributed by atoms with Gasteiger partial charge in [0, 0.05) is 18.3 Å². The molecule has 2 N–H and O–H groups in total. The second-order valence-electron chi connectivity index (χ2n) is 6.34. The molecule has 0 aliphatic rings. The number of benzene rings is 1. The minimum Gasteiger partial charge on any atom is -0.317 e. The molecule has 0 saturated carbocycles. The number of imidazole rings is 1. The van der Waals surface area contributed by atoms with Gasteiger partial charge in [-0.25, -0.2) is 19.3 Å². The van der Waals surface area contributed by atoms with Crippen molar-refractivity contribution in [1.29, 1.82) is 0 Å². The normalized spacial score (nSPS) is 12.5. The first kappa shape index (κ1) is 17.1. The first-order chi connectivity index (χ1) is 12.7. The number of aromatic nitrogens is 6. The van der Waals surface area contributed by atoms with Crippen LogP contribution in [0.4, 0.5) is 13.2 Å².